The number of phenolic OH excluding ortho intramolecular Hbond substituents is 1. The van der Waals surface area contributed by atoms with E-state index in [2.05, 4.69) is 9.46 Å². The number of benzene rings is 1. The van der Waals surface area contributed by atoms with Gasteiger partial charge in [0.15, 0.2) is 10.0 Å². The minimum atomic E-state index is -5.60. The van der Waals surface area contributed by atoms with Crippen molar-refractivity contribution in [3.8, 4) is 5.75 Å². The molecule has 1 aromatic rings. The molecule has 0 aromatic heterocycles. The lowest BCUT2D eigenvalue weighted by atomic mass is 10.2. The maximum atomic E-state index is 12.0. The molecule has 1 rings (SSSR count). The first kappa shape index (κ1) is 19.7. The largest absolute Gasteiger partial charge is 0.538 e. The van der Waals surface area contributed by atoms with Crippen molar-refractivity contribution in [3.05, 3.63) is 29.6 Å². The Bertz CT molecular complexity index is 678. The van der Waals surface area contributed by atoms with Crippen molar-refractivity contribution in [1.82, 2.24) is 0 Å². The topological polar surface area (TPSA) is 94.8 Å². The van der Waals surface area contributed by atoms with E-state index in [0.29, 0.717) is 7.14 Å². The number of aromatic hydroxyl groups is 1. The first-order chi connectivity index (χ1) is 9.95. The normalized spacial score (nSPS) is 12.2. The average Bonchev–Trinajstić information content (AvgIpc) is 2.37. The number of alkyl halides is 3. The summed E-state index contributed by atoms with van der Waals surface area (Å²) in [6.45, 7) is -1.54. The van der Waals surface area contributed by atoms with E-state index < -0.39 is 34.7 Å². The molecule has 0 saturated carbocycles. The van der Waals surface area contributed by atoms with Crippen molar-refractivity contribution in [2.24, 2.45) is 0 Å². The molecule has 0 saturated heterocycles. The Labute approximate surface area is 150 Å². The summed E-state index contributed by atoms with van der Waals surface area (Å²) < 4.78 is 65.4. The van der Waals surface area contributed by atoms with E-state index in [1.165, 1.54) is 6.07 Å². The van der Waals surface area contributed by atoms with E-state index in [4.69, 9.17) is 0 Å². The third kappa shape index (κ3) is 5.09. The first-order valence-corrected chi connectivity index (χ1v) is 8.90. The fourth-order valence-corrected chi connectivity index (χ4v) is 3.47. The Morgan fingerprint density at radius 1 is 1.32 bits per heavy atom. The molecule has 0 bridgehead atoms. The monoisotopic (exact) mass is 564 g/mol. The van der Waals surface area contributed by atoms with E-state index in [9.17, 15) is 31.5 Å². The Kier molecular flexibility index (Phi) is 6.70. The molecule has 0 fully saturated rings. The molecule has 0 unspecified atom stereocenters. The summed E-state index contributed by atoms with van der Waals surface area (Å²) >= 11 is 3.69. The highest BCUT2D eigenvalue weighted by molar-refractivity contribution is 14.1. The van der Waals surface area contributed by atoms with Gasteiger partial charge in [0.05, 0.1) is 10.2 Å². The number of esters is 1. The van der Waals surface area contributed by atoms with Gasteiger partial charge in [-0.3, -0.25) is 0 Å². The van der Waals surface area contributed by atoms with Crippen molar-refractivity contribution in [3.63, 3.8) is 0 Å². The van der Waals surface area contributed by atoms with E-state index in [-0.39, 0.29) is 11.3 Å². The fourth-order valence-electron chi connectivity index (χ4n) is 1.17. The van der Waals surface area contributed by atoms with Crippen LogP contribution in [-0.2, 0) is 14.8 Å². The van der Waals surface area contributed by atoms with Crippen LogP contribution in [0.3, 0.4) is 0 Å². The van der Waals surface area contributed by atoms with Gasteiger partial charge >= 0.3 is 11.5 Å². The molecule has 0 heterocycles. The number of halogens is 5. The number of hydrogen-bond donors (Lipinski definition) is 1. The quantitative estimate of drug-likeness (QED) is 0.338. The maximum Gasteiger partial charge on any atom is 0.480 e. The summed E-state index contributed by atoms with van der Waals surface area (Å²) in [5, 5.41) is 9.71. The zero-order valence-electron chi connectivity index (χ0n) is 10.4. The summed E-state index contributed by atoms with van der Waals surface area (Å²) in [7, 11) is -5.60. The van der Waals surface area contributed by atoms with Crippen LogP contribution in [0, 0.1) is 7.14 Å². The van der Waals surface area contributed by atoms with Gasteiger partial charge in [0.2, 0.25) is 0 Å². The Hall–Kier alpha value is -0.350. The Balaban J connectivity index is 2.62. The summed E-state index contributed by atoms with van der Waals surface area (Å²) in [6.07, 6.45) is 0. The molecule has 12 heteroatoms. The minimum Gasteiger partial charge on any atom is -0.538 e. The molecule has 0 atom stereocenters. The standard InChI is InChI=1S/C10H7F3I2NO5S/c11-10(12,13)22(19,20)16-1-2-21-9(18)6-3-5(14)4-7(15)8(6)17/h3-4H,1-2H2,(H,17,18)/q-1. The van der Waals surface area contributed by atoms with E-state index in [0.717, 1.165) is 0 Å². The maximum absolute atomic E-state index is 12.0. The second-order valence-corrected chi connectivity index (χ2v) is 7.77. The van der Waals surface area contributed by atoms with Crippen LogP contribution in [-0.4, -0.2) is 38.2 Å². The zero-order valence-corrected chi connectivity index (χ0v) is 15.5. The lowest BCUT2D eigenvalue weighted by Crippen LogP contribution is -2.23. The molecule has 124 valence electrons. The van der Waals surface area contributed by atoms with Gasteiger partial charge < -0.3 is 14.6 Å². The van der Waals surface area contributed by atoms with Gasteiger partial charge in [-0.2, -0.15) is 13.2 Å². The molecule has 0 aliphatic carbocycles. The van der Waals surface area contributed by atoms with Crippen LogP contribution in [0.1, 0.15) is 10.4 Å². The third-order valence-electron chi connectivity index (χ3n) is 2.13. The predicted molar refractivity (Wildman–Crippen MR) is 87.0 cm³/mol. The number of hydrogen-bond acceptors (Lipinski definition) is 5. The number of carbonyl (C=O) groups is 1. The van der Waals surface area contributed by atoms with Gasteiger partial charge in [-0.05, 0) is 57.3 Å². The van der Waals surface area contributed by atoms with Crippen molar-refractivity contribution >= 4 is 61.2 Å². The molecule has 22 heavy (non-hydrogen) atoms. The lowest BCUT2D eigenvalue weighted by molar-refractivity contribution is -0.0427. The molecular weight excluding hydrogens is 557 g/mol. The predicted octanol–water partition coefficient (Wildman–Crippen LogP) is 2.98. The highest BCUT2D eigenvalue weighted by Gasteiger charge is 2.38. The second kappa shape index (κ2) is 7.48. The van der Waals surface area contributed by atoms with Gasteiger partial charge in [-0.25, -0.2) is 13.2 Å². The highest BCUT2D eigenvalue weighted by Crippen LogP contribution is 2.28. The van der Waals surface area contributed by atoms with Crippen LogP contribution >= 0.6 is 45.2 Å². The molecule has 1 N–H and O–H groups in total. The number of sulfonamides is 1. The first-order valence-electron chi connectivity index (χ1n) is 5.31. The highest BCUT2D eigenvalue weighted by atomic mass is 127. The van der Waals surface area contributed by atoms with Crippen molar-refractivity contribution < 1.29 is 36.2 Å². The zero-order chi connectivity index (χ0) is 17.1. The van der Waals surface area contributed by atoms with Gasteiger partial charge in [0, 0.05) is 3.57 Å². The molecule has 0 spiro atoms. The number of ether oxygens (including phenoxy) is 1. The minimum absolute atomic E-state index is 0.171. The molecular formula is C10H7F3I2NO5S-. The Morgan fingerprint density at radius 2 is 1.91 bits per heavy atom. The third-order valence-corrected chi connectivity index (χ3v) is 4.68. The van der Waals surface area contributed by atoms with Gasteiger partial charge in [-0.15, -0.1) is 6.54 Å². The second-order valence-electron chi connectivity index (χ2n) is 3.69. The van der Waals surface area contributed by atoms with Crippen LogP contribution in [0.25, 0.3) is 4.72 Å². The molecule has 0 amide bonds. The van der Waals surface area contributed by atoms with Gasteiger partial charge in [0.1, 0.15) is 11.3 Å². The number of phenols is 1. The van der Waals surface area contributed by atoms with Crippen LogP contribution in [0.4, 0.5) is 13.2 Å². The van der Waals surface area contributed by atoms with Crippen LogP contribution in [0.15, 0.2) is 12.1 Å². The molecule has 6 nitrogen and oxygen atoms in total. The SMILES string of the molecule is O=C(OCC[N-]S(=O)(=O)C(F)(F)F)c1cc(I)cc(I)c1O. The number of nitrogens with zero attached hydrogens (tertiary/aromatic N) is 1. The lowest BCUT2D eigenvalue weighted by Gasteiger charge is -2.21. The number of rotatable bonds is 5. The summed E-state index contributed by atoms with van der Waals surface area (Å²) in [5.41, 5.74) is -5.66. The van der Waals surface area contributed by atoms with Gasteiger partial charge in [0.25, 0.3) is 0 Å². The molecule has 0 radical (unpaired) electrons. The molecule has 1 aromatic carbocycles. The number of carbonyl (C=O) groups excluding carboxylic acids is 1. The van der Waals surface area contributed by atoms with Crippen LogP contribution < -0.4 is 0 Å². The fraction of sp³-hybridized carbons (Fsp3) is 0.300. The summed E-state index contributed by atoms with van der Waals surface area (Å²) in [5.74, 6) is -1.32. The van der Waals surface area contributed by atoms with Crippen LogP contribution in [0.5, 0.6) is 5.75 Å². The van der Waals surface area contributed by atoms with Crippen molar-refractivity contribution in [2.75, 3.05) is 13.2 Å². The average molecular weight is 564 g/mol. The van der Waals surface area contributed by atoms with Crippen molar-refractivity contribution in [1.29, 1.82) is 0 Å². The van der Waals surface area contributed by atoms with Crippen LogP contribution in [0.2, 0.25) is 0 Å². The summed E-state index contributed by atoms with van der Waals surface area (Å²) in [4.78, 5) is 11.7. The smallest absolute Gasteiger partial charge is 0.480 e. The summed E-state index contributed by atoms with van der Waals surface area (Å²) in [6, 6.07) is 2.92. The van der Waals surface area contributed by atoms with Gasteiger partial charge in [-0.1, -0.05) is 0 Å². The van der Waals surface area contributed by atoms with E-state index >= 15 is 0 Å². The Morgan fingerprint density at radius 3 is 2.45 bits per heavy atom. The molecule has 0 aliphatic heterocycles. The van der Waals surface area contributed by atoms with E-state index in [1.54, 1.807) is 28.7 Å². The van der Waals surface area contributed by atoms with E-state index in [1.807, 2.05) is 22.6 Å². The van der Waals surface area contributed by atoms with Crippen molar-refractivity contribution in [2.45, 2.75) is 5.51 Å². The molecule has 0 aliphatic rings.